The van der Waals surface area contributed by atoms with E-state index in [1.165, 1.54) is 11.9 Å². The van der Waals surface area contributed by atoms with Gasteiger partial charge in [0.2, 0.25) is 11.8 Å². The van der Waals surface area contributed by atoms with Gasteiger partial charge in [-0.2, -0.15) is 0 Å². The van der Waals surface area contributed by atoms with Gasteiger partial charge in [-0.25, -0.2) is 4.79 Å². The number of ketones is 1. The van der Waals surface area contributed by atoms with Crippen LogP contribution in [0, 0.1) is 13.8 Å². The number of likely N-dealkylation sites (N-methyl/N-ethyl adjacent to an activating group) is 1. The Hall–Kier alpha value is -3.80. The molecule has 1 saturated heterocycles. The fraction of sp³-hybridized carbons (Fsp3) is 0.520. The van der Waals surface area contributed by atoms with E-state index in [1.54, 1.807) is 32.0 Å². The number of Topliss-reactive ketones (excluding diaryl/α,β-unsaturated/α-hetero) is 1. The Morgan fingerprint density at radius 2 is 1.70 bits per heavy atom. The van der Waals surface area contributed by atoms with Gasteiger partial charge < -0.3 is 30.5 Å². The van der Waals surface area contributed by atoms with Crippen LogP contribution < -0.4 is 10.6 Å². The average Bonchev–Trinajstić information content (AvgIpc) is 3.32. The minimum Gasteiger partial charge on any atom is -0.481 e. The predicted octanol–water partition coefficient (Wildman–Crippen LogP) is 0.433. The second-order valence-corrected chi connectivity index (χ2v) is 8.93. The van der Waals surface area contributed by atoms with Crippen molar-refractivity contribution in [3.05, 3.63) is 34.9 Å². The molecule has 0 aliphatic carbocycles. The minimum atomic E-state index is -1.47. The van der Waals surface area contributed by atoms with Crippen molar-refractivity contribution >= 4 is 35.5 Å². The van der Waals surface area contributed by atoms with Crippen LogP contribution in [0.2, 0.25) is 0 Å². The van der Waals surface area contributed by atoms with Crippen molar-refractivity contribution in [1.82, 2.24) is 15.5 Å². The molecule has 202 valence electrons. The van der Waals surface area contributed by atoms with Crippen LogP contribution in [-0.2, 0) is 28.7 Å². The molecule has 1 fully saturated rings. The molecular weight excluding hydrogens is 486 g/mol. The van der Waals surface area contributed by atoms with Gasteiger partial charge in [0.15, 0.2) is 12.4 Å². The van der Waals surface area contributed by atoms with Crippen molar-refractivity contribution in [2.75, 3.05) is 20.2 Å². The highest BCUT2D eigenvalue weighted by Crippen LogP contribution is 2.20. The number of nitrogens with one attached hydrogen (secondary N) is 2. The number of hydrogen-bond donors (Lipinski definition) is 4. The summed E-state index contributed by atoms with van der Waals surface area (Å²) in [5.41, 5.74) is 1.61. The fourth-order valence-electron chi connectivity index (χ4n) is 4.30. The molecule has 1 aromatic carbocycles. The van der Waals surface area contributed by atoms with Gasteiger partial charge in [-0.05, 0) is 51.3 Å². The van der Waals surface area contributed by atoms with Crippen LogP contribution >= 0.6 is 0 Å². The first-order valence-electron chi connectivity index (χ1n) is 11.9. The Kier molecular flexibility index (Phi) is 10.7. The molecule has 2 amide bonds. The monoisotopic (exact) mass is 519 g/mol. The standard InChI is InChI=1S/C25H33N3O9/c1-14-6-4-7-15(2)22(14)25(36)37-13-19(29)17(12-21(32)33)27-23(34)18-8-5-11-28(18)24(35)16(26-3)9-10-20(30)31/h4,6-7,16-18,26H,5,8-13H2,1-3H3,(H,27,34)(H,30,31)(H,32,33)/t16?,17?,18-/m0/s1. The number of rotatable bonds is 13. The van der Waals surface area contributed by atoms with E-state index in [1.807, 2.05) is 0 Å². The summed E-state index contributed by atoms with van der Waals surface area (Å²) in [6, 6.07) is 1.97. The predicted molar refractivity (Wildman–Crippen MR) is 130 cm³/mol. The Balaban J connectivity index is 2.07. The van der Waals surface area contributed by atoms with E-state index in [0.717, 1.165) is 0 Å². The Labute approximate surface area is 214 Å². The SMILES string of the molecule is CNC(CCC(=O)O)C(=O)N1CCC[C@H]1C(=O)NC(CC(=O)O)C(=O)COC(=O)c1c(C)cccc1C. The summed E-state index contributed by atoms with van der Waals surface area (Å²) in [7, 11) is 1.51. The number of esters is 1. The third-order valence-electron chi connectivity index (χ3n) is 6.25. The second kappa shape index (κ2) is 13.5. The summed E-state index contributed by atoms with van der Waals surface area (Å²) >= 11 is 0. The van der Waals surface area contributed by atoms with Gasteiger partial charge in [0.25, 0.3) is 0 Å². The zero-order chi connectivity index (χ0) is 27.7. The van der Waals surface area contributed by atoms with Crippen LogP contribution in [0.1, 0.15) is 53.6 Å². The van der Waals surface area contributed by atoms with E-state index in [9.17, 15) is 33.9 Å². The highest BCUT2D eigenvalue weighted by Gasteiger charge is 2.38. The number of amides is 2. The van der Waals surface area contributed by atoms with Crippen molar-refractivity contribution in [1.29, 1.82) is 0 Å². The first kappa shape index (κ1) is 29.4. The van der Waals surface area contributed by atoms with Gasteiger partial charge in [0.05, 0.1) is 18.0 Å². The number of likely N-dealkylation sites (tertiary alicyclic amines) is 1. The van der Waals surface area contributed by atoms with Gasteiger partial charge in [-0.3, -0.25) is 24.0 Å². The summed E-state index contributed by atoms with van der Waals surface area (Å²) in [6.07, 6.45) is -0.143. The molecule has 12 nitrogen and oxygen atoms in total. The number of carbonyl (C=O) groups excluding carboxylic acids is 4. The molecule has 4 N–H and O–H groups in total. The molecule has 1 aliphatic rings. The number of benzene rings is 1. The lowest BCUT2D eigenvalue weighted by Crippen LogP contribution is -2.55. The van der Waals surface area contributed by atoms with Crippen LogP contribution in [0.15, 0.2) is 18.2 Å². The van der Waals surface area contributed by atoms with Crippen molar-refractivity contribution in [3.8, 4) is 0 Å². The highest BCUT2D eigenvalue weighted by atomic mass is 16.5. The van der Waals surface area contributed by atoms with Crippen molar-refractivity contribution in [2.24, 2.45) is 0 Å². The number of carboxylic acid groups (broad SMARTS) is 2. The Bertz CT molecular complexity index is 1040. The lowest BCUT2D eigenvalue weighted by atomic mass is 10.0. The van der Waals surface area contributed by atoms with Crippen LogP contribution in [0.4, 0.5) is 0 Å². The first-order chi connectivity index (χ1) is 17.5. The molecule has 0 radical (unpaired) electrons. The maximum Gasteiger partial charge on any atom is 0.339 e. The van der Waals surface area contributed by atoms with Gasteiger partial charge in [0.1, 0.15) is 12.1 Å². The largest absolute Gasteiger partial charge is 0.481 e. The maximum atomic E-state index is 13.0. The number of aliphatic carboxylic acids is 2. The molecule has 1 aliphatic heterocycles. The van der Waals surface area contributed by atoms with E-state index in [4.69, 9.17) is 9.84 Å². The van der Waals surface area contributed by atoms with Crippen LogP contribution in [0.3, 0.4) is 0 Å². The molecule has 0 saturated carbocycles. The quantitative estimate of drug-likeness (QED) is 0.267. The molecule has 1 aromatic rings. The number of ether oxygens (including phenoxy) is 1. The van der Waals surface area contributed by atoms with Crippen LogP contribution in [0.5, 0.6) is 0 Å². The molecule has 2 unspecified atom stereocenters. The average molecular weight is 520 g/mol. The molecule has 3 atom stereocenters. The van der Waals surface area contributed by atoms with Gasteiger partial charge in [0, 0.05) is 13.0 Å². The van der Waals surface area contributed by atoms with E-state index in [-0.39, 0.29) is 19.4 Å². The molecular formula is C25H33N3O9. The van der Waals surface area contributed by atoms with E-state index >= 15 is 0 Å². The highest BCUT2D eigenvalue weighted by molar-refractivity contribution is 5.98. The first-order valence-corrected chi connectivity index (χ1v) is 11.9. The minimum absolute atomic E-state index is 0.0291. The summed E-state index contributed by atoms with van der Waals surface area (Å²) in [4.78, 5) is 74.8. The third-order valence-corrected chi connectivity index (χ3v) is 6.25. The molecule has 0 spiro atoms. The zero-order valence-electron chi connectivity index (χ0n) is 21.1. The van der Waals surface area contributed by atoms with Gasteiger partial charge in [-0.15, -0.1) is 0 Å². The maximum absolute atomic E-state index is 13.0. The molecule has 0 aromatic heterocycles. The van der Waals surface area contributed by atoms with E-state index in [0.29, 0.717) is 29.5 Å². The van der Waals surface area contributed by atoms with Crippen LogP contribution in [-0.4, -0.2) is 88.9 Å². The molecule has 2 rings (SSSR count). The summed E-state index contributed by atoms with van der Waals surface area (Å²) in [5.74, 6) is -5.11. The number of carbonyl (C=O) groups is 6. The molecule has 1 heterocycles. The smallest absolute Gasteiger partial charge is 0.339 e. The van der Waals surface area contributed by atoms with Crippen LogP contribution in [0.25, 0.3) is 0 Å². The van der Waals surface area contributed by atoms with Crippen molar-refractivity contribution in [2.45, 2.75) is 64.1 Å². The van der Waals surface area contributed by atoms with E-state index in [2.05, 4.69) is 10.6 Å². The van der Waals surface area contributed by atoms with Gasteiger partial charge >= 0.3 is 17.9 Å². The molecule has 37 heavy (non-hydrogen) atoms. The molecule has 12 heteroatoms. The van der Waals surface area contributed by atoms with Gasteiger partial charge in [-0.1, -0.05) is 18.2 Å². The number of nitrogens with zero attached hydrogens (tertiary/aromatic N) is 1. The lowest BCUT2D eigenvalue weighted by molar-refractivity contribution is -0.144. The Morgan fingerprint density at radius 1 is 1.05 bits per heavy atom. The summed E-state index contributed by atoms with van der Waals surface area (Å²) in [6.45, 7) is 2.95. The second-order valence-electron chi connectivity index (χ2n) is 8.93. The topological polar surface area (TPSA) is 179 Å². The number of carboxylic acids is 2. The normalized spacial score (nSPS) is 16.5. The van der Waals surface area contributed by atoms with Crippen molar-refractivity contribution < 1.29 is 43.7 Å². The molecule has 0 bridgehead atoms. The number of aryl methyl sites for hydroxylation is 2. The lowest BCUT2D eigenvalue weighted by Gasteiger charge is -2.29. The third kappa shape index (κ3) is 8.10. The zero-order valence-corrected chi connectivity index (χ0v) is 21.1. The number of hydrogen-bond acceptors (Lipinski definition) is 8. The summed E-state index contributed by atoms with van der Waals surface area (Å²) in [5, 5.41) is 23.3. The summed E-state index contributed by atoms with van der Waals surface area (Å²) < 4.78 is 5.12. The fourth-order valence-corrected chi connectivity index (χ4v) is 4.30. The van der Waals surface area contributed by atoms with Crippen molar-refractivity contribution in [3.63, 3.8) is 0 Å². The Morgan fingerprint density at radius 3 is 2.27 bits per heavy atom. The van der Waals surface area contributed by atoms with E-state index < -0.39 is 66.7 Å².